The van der Waals surface area contributed by atoms with Crippen LogP contribution < -0.4 is 10.2 Å². The van der Waals surface area contributed by atoms with Crippen molar-refractivity contribution in [3.8, 4) is 0 Å². The van der Waals surface area contributed by atoms with Crippen molar-refractivity contribution < 1.29 is 4.79 Å². The average Bonchev–Trinajstić information content (AvgIpc) is 3.21. The molecule has 0 saturated heterocycles. The average molecular weight is 456 g/mol. The molecule has 1 amide bonds. The Bertz CT molecular complexity index is 881. The highest BCUT2D eigenvalue weighted by atomic mass is 79.9. The van der Waals surface area contributed by atoms with Gasteiger partial charge in [-0.05, 0) is 18.2 Å². The van der Waals surface area contributed by atoms with Crippen LogP contribution in [0.1, 0.15) is 12.6 Å². The number of hydrogen-bond acceptors (Lipinski definition) is 8. The topological polar surface area (TPSA) is 71.0 Å². The predicted octanol–water partition coefficient (Wildman–Crippen LogP) is 4.78. The highest BCUT2D eigenvalue weighted by Gasteiger charge is 2.12. The van der Waals surface area contributed by atoms with Gasteiger partial charge in [-0.2, -0.15) is 0 Å². The van der Waals surface area contributed by atoms with Crippen LogP contribution in [0.5, 0.6) is 0 Å². The van der Waals surface area contributed by atoms with Gasteiger partial charge in [0, 0.05) is 35.3 Å². The second kappa shape index (κ2) is 8.26. The number of hydrogen-bond donors (Lipinski definition) is 1. The van der Waals surface area contributed by atoms with E-state index in [1.165, 1.54) is 29.6 Å². The van der Waals surface area contributed by atoms with Gasteiger partial charge in [0.1, 0.15) is 0 Å². The summed E-state index contributed by atoms with van der Waals surface area (Å²) in [5, 5.41) is 15.0. The number of rotatable bonds is 6. The van der Waals surface area contributed by atoms with E-state index >= 15 is 0 Å². The van der Waals surface area contributed by atoms with Gasteiger partial charge in [0.25, 0.3) is 0 Å². The molecule has 0 atom stereocenters. The number of amides is 1. The number of thiazole rings is 1. The molecule has 25 heavy (non-hydrogen) atoms. The molecule has 0 bridgehead atoms. The van der Waals surface area contributed by atoms with Gasteiger partial charge in [-0.25, -0.2) is 4.98 Å². The van der Waals surface area contributed by atoms with Crippen molar-refractivity contribution >= 4 is 72.2 Å². The number of thioether (sulfide) groups is 1. The maximum absolute atomic E-state index is 11.4. The second-order valence-corrected chi connectivity index (χ2v) is 8.95. The smallest absolute Gasteiger partial charge is 0.225 e. The van der Waals surface area contributed by atoms with E-state index in [0.29, 0.717) is 10.9 Å². The Morgan fingerprint density at radius 1 is 1.40 bits per heavy atom. The standard InChI is InChI=1S/C15H14BrN5OS3/c1-9(22)21(2)14-18-12(7-23-14)8-24-15-20-19-13(25-15)17-11-5-3-4-10(16)6-11/h3-7H,8H2,1-2H3,(H,17,19). The van der Waals surface area contributed by atoms with Crippen LogP contribution in [0.3, 0.4) is 0 Å². The van der Waals surface area contributed by atoms with Crippen molar-refractivity contribution in [1.82, 2.24) is 15.2 Å². The van der Waals surface area contributed by atoms with Crippen LogP contribution in [-0.2, 0) is 10.5 Å². The minimum absolute atomic E-state index is 0.0269. The molecule has 10 heteroatoms. The largest absolute Gasteiger partial charge is 0.330 e. The molecule has 0 aliphatic carbocycles. The fourth-order valence-electron chi connectivity index (χ4n) is 1.80. The Morgan fingerprint density at radius 2 is 2.24 bits per heavy atom. The predicted molar refractivity (Wildman–Crippen MR) is 108 cm³/mol. The Morgan fingerprint density at radius 3 is 3.00 bits per heavy atom. The van der Waals surface area contributed by atoms with Crippen LogP contribution in [0.4, 0.5) is 16.0 Å². The molecule has 130 valence electrons. The molecule has 6 nitrogen and oxygen atoms in total. The fourth-order valence-corrected chi connectivity index (χ4v) is 4.80. The van der Waals surface area contributed by atoms with Gasteiger partial charge in [0.15, 0.2) is 9.47 Å². The fraction of sp³-hybridized carbons (Fsp3) is 0.200. The lowest BCUT2D eigenvalue weighted by Gasteiger charge is -2.09. The highest BCUT2D eigenvalue weighted by molar-refractivity contribution is 9.10. The summed E-state index contributed by atoms with van der Waals surface area (Å²) in [5.41, 5.74) is 1.88. The Balaban J connectivity index is 1.58. The van der Waals surface area contributed by atoms with Crippen molar-refractivity contribution in [2.75, 3.05) is 17.3 Å². The molecule has 2 heterocycles. The molecule has 1 aromatic carbocycles. The maximum Gasteiger partial charge on any atom is 0.225 e. The van der Waals surface area contributed by atoms with E-state index < -0.39 is 0 Å². The minimum atomic E-state index is -0.0269. The Labute approximate surface area is 165 Å². The summed E-state index contributed by atoms with van der Waals surface area (Å²) in [6.45, 7) is 1.52. The van der Waals surface area contributed by atoms with Gasteiger partial charge >= 0.3 is 0 Å². The maximum atomic E-state index is 11.4. The van der Waals surface area contributed by atoms with E-state index in [9.17, 15) is 4.79 Å². The molecule has 0 fully saturated rings. The zero-order valence-electron chi connectivity index (χ0n) is 13.4. The first-order valence-corrected chi connectivity index (χ1v) is 10.7. The van der Waals surface area contributed by atoms with E-state index in [4.69, 9.17) is 0 Å². The summed E-state index contributed by atoms with van der Waals surface area (Å²) >= 11 is 7.98. The molecule has 3 rings (SSSR count). The van der Waals surface area contributed by atoms with Crippen molar-refractivity contribution in [3.63, 3.8) is 0 Å². The molecule has 0 aliphatic heterocycles. The summed E-state index contributed by atoms with van der Waals surface area (Å²) in [4.78, 5) is 17.4. The number of benzene rings is 1. The van der Waals surface area contributed by atoms with Crippen LogP contribution in [0.15, 0.2) is 38.5 Å². The molecular weight excluding hydrogens is 442 g/mol. The van der Waals surface area contributed by atoms with E-state index in [1.54, 1.807) is 23.7 Å². The molecule has 2 aromatic heterocycles. The van der Waals surface area contributed by atoms with Gasteiger partial charge in [-0.15, -0.1) is 21.5 Å². The monoisotopic (exact) mass is 455 g/mol. The van der Waals surface area contributed by atoms with Crippen molar-refractivity contribution in [2.24, 2.45) is 0 Å². The first-order valence-electron chi connectivity index (χ1n) is 7.19. The number of nitrogens with zero attached hydrogens (tertiary/aromatic N) is 4. The van der Waals surface area contributed by atoms with Crippen LogP contribution in [0, 0.1) is 0 Å². The quantitative estimate of drug-likeness (QED) is 0.539. The van der Waals surface area contributed by atoms with E-state index in [-0.39, 0.29) is 5.91 Å². The van der Waals surface area contributed by atoms with Crippen molar-refractivity contribution in [3.05, 3.63) is 39.8 Å². The third-order valence-corrected chi connectivity index (χ3v) is 6.59. The minimum Gasteiger partial charge on any atom is -0.330 e. The number of nitrogens with one attached hydrogen (secondary N) is 1. The molecule has 0 radical (unpaired) electrons. The Hall–Kier alpha value is -1.49. The number of halogens is 1. The molecular formula is C15H14BrN5OS3. The normalized spacial score (nSPS) is 10.7. The lowest BCUT2D eigenvalue weighted by Crippen LogP contribution is -2.22. The van der Waals surface area contributed by atoms with Crippen LogP contribution >= 0.6 is 50.4 Å². The molecule has 3 aromatic rings. The van der Waals surface area contributed by atoms with Gasteiger partial charge in [0.05, 0.1) is 5.69 Å². The number of anilines is 3. The SMILES string of the molecule is CC(=O)N(C)c1nc(CSc2nnc(Nc3cccc(Br)c3)s2)cs1. The third-order valence-electron chi connectivity index (χ3n) is 3.12. The summed E-state index contributed by atoms with van der Waals surface area (Å²) in [7, 11) is 1.72. The van der Waals surface area contributed by atoms with Crippen LogP contribution in [0.2, 0.25) is 0 Å². The number of carbonyl (C=O) groups is 1. The molecule has 0 aliphatic rings. The van der Waals surface area contributed by atoms with Gasteiger partial charge < -0.3 is 5.32 Å². The second-order valence-electron chi connectivity index (χ2n) is 5.00. The van der Waals surface area contributed by atoms with E-state index in [0.717, 1.165) is 25.3 Å². The molecule has 1 N–H and O–H groups in total. The highest BCUT2D eigenvalue weighted by Crippen LogP contribution is 2.31. The lowest BCUT2D eigenvalue weighted by atomic mass is 10.3. The van der Waals surface area contributed by atoms with Crippen molar-refractivity contribution in [1.29, 1.82) is 0 Å². The molecule has 0 spiro atoms. The number of aromatic nitrogens is 3. The summed E-state index contributed by atoms with van der Waals surface area (Å²) in [5.74, 6) is 0.661. The van der Waals surface area contributed by atoms with Gasteiger partial charge in [-0.1, -0.05) is 45.1 Å². The first kappa shape index (κ1) is 18.3. The summed E-state index contributed by atoms with van der Waals surface area (Å²) in [6.07, 6.45) is 0. The summed E-state index contributed by atoms with van der Waals surface area (Å²) < 4.78 is 1.87. The van der Waals surface area contributed by atoms with Crippen LogP contribution in [0.25, 0.3) is 0 Å². The van der Waals surface area contributed by atoms with Crippen LogP contribution in [-0.4, -0.2) is 28.1 Å². The first-order chi connectivity index (χ1) is 12.0. The zero-order valence-corrected chi connectivity index (χ0v) is 17.4. The number of carbonyl (C=O) groups excluding carboxylic acids is 1. The summed E-state index contributed by atoms with van der Waals surface area (Å²) in [6, 6.07) is 7.89. The zero-order chi connectivity index (χ0) is 17.8. The molecule has 0 unspecified atom stereocenters. The van der Waals surface area contributed by atoms with Gasteiger partial charge in [0.2, 0.25) is 11.0 Å². The van der Waals surface area contributed by atoms with Crippen molar-refractivity contribution in [2.45, 2.75) is 17.0 Å². The Kier molecular flexibility index (Phi) is 6.05. The van der Waals surface area contributed by atoms with E-state index in [2.05, 4.69) is 36.4 Å². The lowest BCUT2D eigenvalue weighted by molar-refractivity contribution is -0.116. The third kappa shape index (κ3) is 5.00. The van der Waals surface area contributed by atoms with E-state index in [1.807, 2.05) is 29.6 Å². The molecule has 0 saturated carbocycles. The van der Waals surface area contributed by atoms with Gasteiger partial charge in [-0.3, -0.25) is 9.69 Å².